The molecule has 0 amide bonds. The molecule has 152 valence electrons. The van der Waals surface area contributed by atoms with E-state index in [-0.39, 0.29) is 5.82 Å². The van der Waals surface area contributed by atoms with E-state index in [1.807, 2.05) is 54.6 Å². The molecule has 7 heteroatoms. The zero-order valence-electron chi connectivity index (χ0n) is 16.1. The van der Waals surface area contributed by atoms with Gasteiger partial charge in [0.25, 0.3) is 5.22 Å². The molecule has 0 atom stereocenters. The Hall–Kier alpha value is -3.22. The smallest absolute Gasteiger partial charge is 0.277 e. The van der Waals surface area contributed by atoms with Crippen LogP contribution in [0.3, 0.4) is 0 Å². The van der Waals surface area contributed by atoms with Crippen molar-refractivity contribution >= 4 is 34.3 Å². The van der Waals surface area contributed by atoms with Crippen molar-refractivity contribution in [2.75, 3.05) is 0 Å². The summed E-state index contributed by atoms with van der Waals surface area (Å²) in [6, 6.07) is 23.7. The van der Waals surface area contributed by atoms with Gasteiger partial charge in [0.05, 0.1) is 16.8 Å². The van der Waals surface area contributed by atoms with E-state index in [4.69, 9.17) is 21.0 Å². The highest BCUT2D eigenvalue weighted by molar-refractivity contribution is 7.98. The molecule has 2 aromatic heterocycles. The molecule has 5 rings (SSSR count). The minimum Gasteiger partial charge on any atom is -0.411 e. The second kappa shape index (κ2) is 8.49. The summed E-state index contributed by atoms with van der Waals surface area (Å²) in [5, 5.41) is 10.5. The maximum Gasteiger partial charge on any atom is 0.277 e. The quantitative estimate of drug-likeness (QED) is 0.270. The van der Waals surface area contributed by atoms with E-state index in [1.165, 1.54) is 23.9 Å². The third kappa shape index (κ3) is 4.31. The van der Waals surface area contributed by atoms with E-state index in [0.717, 1.165) is 33.3 Å². The van der Waals surface area contributed by atoms with E-state index in [0.29, 0.717) is 21.9 Å². The van der Waals surface area contributed by atoms with E-state index in [2.05, 4.69) is 10.2 Å². The van der Waals surface area contributed by atoms with Gasteiger partial charge in [-0.1, -0.05) is 65.8 Å². The first-order chi connectivity index (χ1) is 15.2. The lowest BCUT2D eigenvalue weighted by Gasteiger charge is -2.07. The highest BCUT2D eigenvalue weighted by Gasteiger charge is 2.15. The number of hydrogen-bond donors (Lipinski definition) is 0. The molecule has 0 radical (unpaired) electrons. The van der Waals surface area contributed by atoms with Gasteiger partial charge in [0.15, 0.2) is 0 Å². The van der Waals surface area contributed by atoms with Crippen molar-refractivity contribution < 1.29 is 8.81 Å². The Morgan fingerprint density at radius 3 is 2.48 bits per heavy atom. The Bertz CT molecular complexity index is 1350. The molecule has 0 fully saturated rings. The van der Waals surface area contributed by atoms with E-state index in [1.54, 1.807) is 12.1 Å². The van der Waals surface area contributed by atoms with E-state index >= 15 is 0 Å². The Labute approximate surface area is 187 Å². The summed E-state index contributed by atoms with van der Waals surface area (Å²) < 4.78 is 19.0. The number of nitrogens with zero attached hydrogens (tertiary/aromatic N) is 3. The number of para-hydroxylation sites is 1. The maximum absolute atomic E-state index is 13.1. The fourth-order valence-corrected chi connectivity index (χ4v) is 4.07. The van der Waals surface area contributed by atoms with Crippen LogP contribution in [0.15, 0.2) is 88.5 Å². The summed E-state index contributed by atoms with van der Waals surface area (Å²) in [4.78, 5) is 4.78. The first kappa shape index (κ1) is 19.7. The fourth-order valence-electron chi connectivity index (χ4n) is 3.22. The number of thioether (sulfide) groups is 1. The van der Waals surface area contributed by atoms with Gasteiger partial charge in [-0.05, 0) is 42.0 Å². The molecular weight excluding hydrogens is 433 g/mol. The predicted molar refractivity (Wildman–Crippen MR) is 121 cm³/mol. The van der Waals surface area contributed by atoms with E-state index in [9.17, 15) is 4.39 Å². The topological polar surface area (TPSA) is 51.8 Å². The second-order valence-electron chi connectivity index (χ2n) is 6.87. The van der Waals surface area contributed by atoms with Gasteiger partial charge in [0.2, 0.25) is 5.89 Å². The number of rotatable bonds is 5. The minimum atomic E-state index is -0.255. The van der Waals surface area contributed by atoms with Crippen LogP contribution in [0, 0.1) is 5.82 Å². The number of pyridine rings is 1. The van der Waals surface area contributed by atoms with Crippen molar-refractivity contribution in [3.05, 3.63) is 95.3 Å². The predicted octanol–water partition coefficient (Wildman–Crippen LogP) is 7.04. The van der Waals surface area contributed by atoms with Crippen LogP contribution in [0.5, 0.6) is 0 Å². The molecule has 0 aliphatic heterocycles. The summed E-state index contributed by atoms with van der Waals surface area (Å²) in [6.07, 6.45) is 0. The SMILES string of the molecule is Fc1ccc(CSc2nnc(-c3cc(-c4ccc(Cl)cc4)nc4ccccc34)o2)cc1. The van der Waals surface area contributed by atoms with Crippen LogP contribution in [-0.4, -0.2) is 15.2 Å². The van der Waals surface area contributed by atoms with Crippen molar-refractivity contribution in [1.29, 1.82) is 0 Å². The largest absolute Gasteiger partial charge is 0.411 e. The second-order valence-corrected chi connectivity index (χ2v) is 8.23. The number of halogens is 2. The van der Waals surface area contributed by atoms with Gasteiger partial charge in [-0.15, -0.1) is 10.2 Å². The Morgan fingerprint density at radius 2 is 1.68 bits per heavy atom. The summed E-state index contributed by atoms with van der Waals surface area (Å²) in [5.41, 5.74) is 4.37. The summed E-state index contributed by atoms with van der Waals surface area (Å²) in [5.74, 6) is 0.778. The van der Waals surface area contributed by atoms with Crippen LogP contribution in [0.4, 0.5) is 4.39 Å². The number of fused-ring (bicyclic) bond motifs is 1. The lowest BCUT2D eigenvalue weighted by Crippen LogP contribution is -1.90. The van der Waals surface area contributed by atoms with Crippen LogP contribution in [-0.2, 0) is 5.75 Å². The summed E-state index contributed by atoms with van der Waals surface area (Å²) >= 11 is 7.44. The lowest BCUT2D eigenvalue weighted by atomic mass is 10.0. The van der Waals surface area contributed by atoms with Gasteiger partial charge in [-0.25, -0.2) is 9.37 Å². The standard InChI is InChI=1S/C24H15ClFN3OS/c25-17-9-7-16(8-10-17)22-13-20(19-3-1-2-4-21(19)27-22)23-28-29-24(30-23)31-14-15-5-11-18(26)12-6-15/h1-13H,14H2. The third-order valence-electron chi connectivity index (χ3n) is 4.77. The molecule has 31 heavy (non-hydrogen) atoms. The fraction of sp³-hybridized carbons (Fsp3) is 0.0417. The van der Waals surface area contributed by atoms with Gasteiger partial charge >= 0.3 is 0 Å². The zero-order chi connectivity index (χ0) is 21.2. The van der Waals surface area contributed by atoms with Crippen LogP contribution in [0.1, 0.15) is 5.56 Å². The summed E-state index contributed by atoms with van der Waals surface area (Å²) in [6.45, 7) is 0. The van der Waals surface area contributed by atoms with Crippen LogP contribution in [0.2, 0.25) is 5.02 Å². The Balaban J connectivity index is 1.49. The highest BCUT2D eigenvalue weighted by Crippen LogP contribution is 2.33. The molecule has 0 unspecified atom stereocenters. The summed E-state index contributed by atoms with van der Waals surface area (Å²) in [7, 11) is 0. The average molecular weight is 448 g/mol. The first-order valence-electron chi connectivity index (χ1n) is 9.52. The van der Waals surface area contributed by atoms with Crippen LogP contribution < -0.4 is 0 Å². The monoisotopic (exact) mass is 447 g/mol. The van der Waals surface area contributed by atoms with Gasteiger partial charge < -0.3 is 4.42 Å². The van der Waals surface area contributed by atoms with Crippen LogP contribution in [0.25, 0.3) is 33.6 Å². The molecule has 0 spiro atoms. The van der Waals surface area contributed by atoms with Crippen molar-refractivity contribution in [1.82, 2.24) is 15.2 Å². The molecule has 4 nitrogen and oxygen atoms in total. The van der Waals surface area contributed by atoms with E-state index < -0.39 is 0 Å². The molecule has 0 saturated carbocycles. The maximum atomic E-state index is 13.1. The lowest BCUT2D eigenvalue weighted by molar-refractivity contribution is 0.466. The Kier molecular flexibility index (Phi) is 5.40. The number of aromatic nitrogens is 3. The van der Waals surface area contributed by atoms with Crippen molar-refractivity contribution in [2.45, 2.75) is 11.0 Å². The van der Waals surface area contributed by atoms with Gasteiger partial charge in [-0.2, -0.15) is 0 Å². The molecule has 0 N–H and O–H groups in total. The van der Waals surface area contributed by atoms with Gasteiger partial charge in [0.1, 0.15) is 5.82 Å². The van der Waals surface area contributed by atoms with Crippen molar-refractivity contribution in [3.63, 3.8) is 0 Å². The Morgan fingerprint density at radius 1 is 0.903 bits per heavy atom. The third-order valence-corrected chi connectivity index (χ3v) is 5.91. The molecular formula is C24H15ClFN3OS. The minimum absolute atomic E-state index is 0.255. The zero-order valence-corrected chi connectivity index (χ0v) is 17.7. The molecule has 0 saturated heterocycles. The van der Waals surface area contributed by atoms with Crippen molar-refractivity contribution in [3.8, 4) is 22.7 Å². The molecule has 2 heterocycles. The number of hydrogen-bond acceptors (Lipinski definition) is 5. The van der Waals surface area contributed by atoms with Gasteiger partial charge in [0, 0.05) is 21.7 Å². The normalized spacial score (nSPS) is 11.2. The average Bonchev–Trinajstić information content (AvgIpc) is 3.27. The molecule has 5 aromatic rings. The molecule has 0 bridgehead atoms. The van der Waals surface area contributed by atoms with Crippen LogP contribution >= 0.6 is 23.4 Å². The van der Waals surface area contributed by atoms with Crippen molar-refractivity contribution in [2.24, 2.45) is 0 Å². The first-order valence-corrected chi connectivity index (χ1v) is 10.9. The molecule has 0 aliphatic carbocycles. The highest BCUT2D eigenvalue weighted by atomic mass is 35.5. The molecule has 3 aromatic carbocycles. The number of benzene rings is 3. The molecule has 0 aliphatic rings. The van der Waals surface area contributed by atoms with Gasteiger partial charge in [-0.3, -0.25) is 0 Å².